The van der Waals surface area contributed by atoms with Gasteiger partial charge < -0.3 is 9.47 Å². The summed E-state index contributed by atoms with van der Waals surface area (Å²) >= 11 is 0. The second-order valence-corrected chi connectivity index (χ2v) is 4.55. The third-order valence-corrected chi connectivity index (χ3v) is 3.25. The summed E-state index contributed by atoms with van der Waals surface area (Å²) in [6, 6.07) is 6.36. The first-order valence-corrected chi connectivity index (χ1v) is 6.79. The predicted octanol–water partition coefficient (Wildman–Crippen LogP) is 2.37. The summed E-state index contributed by atoms with van der Waals surface area (Å²) in [5, 5.41) is 8.78. The molecule has 0 spiro atoms. The molecule has 0 aromatic heterocycles. The Hall–Kier alpha value is -1.73. The number of nitrogens with zero attached hydrogens (tertiary/aromatic N) is 2. The first kappa shape index (κ1) is 13.7. The summed E-state index contributed by atoms with van der Waals surface area (Å²) in [5.74, 6) is 1.64. The third-order valence-electron chi connectivity index (χ3n) is 3.25. The zero-order valence-electron chi connectivity index (χ0n) is 11.6. The zero-order valence-corrected chi connectivity index (χ0v) is 11.6. The van der Waals surface area contributed by atoms with Crippen LogP contribution < -0.4 is 9.47 Å². The molecule has 0 saturated carbocycles. The number of fused-ring (bicyclic) bond motifs is 1. The second-order valence-electron chi connectivity index (χ2n) is 4.55. The van der Waals surface area contributed by atoms with Crippen LogP contribution in [0.1, 0.15) is 25.0 Å². The van der Waals surface area contributed by atoms with Gasteiger partial charge in [0, 0.05) is 13.1 Å². The van der Waals surface area contributed by atoms with E-state index in [9.17, 15) is 0 Å². The lowest BCUT2D eigenvalue weighted by Crippen LogP contribution is -2.30. The van der Waals surface area contributed by atoms with Crippen LogP contribution in [0.5, 0.6) is 11.5 Å². The van der Waals surface area contributed by atoms with Gasteiger partial charge in [-0.25, -0.2) is 0 Å². The van der Waals surface area contributed by atoms with Gasteiger partial charge in [0.2, 0.25) is 0 Å². The van der Waals surface area contributed by atoms with Crippen molar-refractivity contribution in [3.63, 3.8) is 0 Å². The number of benzene rings is 1. The molecule has 0 bridgehead atoms. The smallest absolute Gasteiger partial charge is 0.161 e. The van der Waals surface area contributed by atoms with Crippen LogP contribution in [0.3, 0.4) is 0 Å². The summed E-state index contributed by atoms with van der Waals surface area (Å²) < 4.78 is 11.3. The SMILES string of the molecule is CCOc1cc2c(cc1OCC)CN(CC#N)CC2. The van der Waals surface area contributed by atoms with Crippen LogP contribution in [-0.2, 0) is 13.0 Å². The fourth-order valence-corrected chi connectivity index (χ4v) is 2.39. The molecular weight excluding hydrogens is 240 g/mol. The van der Waals surface area contributed by atoms with E-state index in [-0.39, 0.29) is 0 Å². The van der Waals surface area contributed by atoms with E-state index in [2.05, 4.69) is 23.1 Å². The van der Waals surface area contributed by atoms with Crippen molar-refractivity contribution in [1.82, 2.24) is 4.90 Å². The van der Waals surface area contributed by atoms with E-state index < -0.39 is 0 Å². The Labute approximate surface area is 114 Å². The van der Waals surface area contributed by atoms with Gasteiger partial charge in [-0.15, -0.1) is 0 Å². The van der Waals surface area contributed by atoms with E-state index in [1.165, 1.54) is 11.1 Å². The Kier molecular flexibility index (Phi) is 4.64. The van der Waals surface area contributed by atoms with Crippen LogP contribution in [0.15, 0.2) is 12.1 Å². The van der Waals surface area contributed by atoms with Crippen molar-refractivity contribution in [1.29, 1.82) is 5.26 Å². The standard InChI is InChI=1S/C15H20N2O2/c1-3-18-14-9-12-5-7-17(8-6-16)11-13(12)10-15(14)19-4-2/h9-10H,3-5,7-8,11H2,1-2H3. The molecule has 1 aromatic carbocycles. The molecule has 19 heavy (non-hydrogen) atoms. The number of hydrogen-bond donors (Lipinski definition) is 0. The van der Waals surface area contributed by atoms with Gasteiger partial charge in [0.05, 0.1) is 25.8 Å². The molecule has 0 radical (unpaired) electrons. The number of nitriles is 1. The molecular formula is C15H20N2O2. The van der Waals surface area contributed by atoms with Crippen LogP contribution >= 0.6 is 0 Å². The number of ether oxygens (including phenoxy) is 2. The molecule has 1 aliphatic heterocycles. The van der Waals surface area contributed by atoms with Crippen LogP contribution in [-0.4, -0.2) is 31.2 Å². The van der Waals surface area contributed by atoms with Gasteiger partial charge in [-0.3, -0.25) is 4.90 Å². The molecule has 1 aliphatic rings. The minimum atomic E-state index is 0.483. The van der Waals surface area contributed by atoms with Crippen molar-refractivity contribution in [2.45, 2.75) is 26.8 Å². The molecule has 1 aromatic rings. The van der Waals surface area contributed by atoms with Gasteiger partial charge in [-0.05, 0) is 43.5 Å². The molecule has 0 saturated heterocycles. The minimum Gasteiger partial charge on any atom is -0.490 e. The van der Waals surface area contributed by atoms with Gasteiger partial charge in [-0.1, -0.05) is 0 Å². The van der Waals surface area contributed by atoms with E-state index >= 15 is 0 Å². The summed E-state index contributed by atoms with van der Waals surface area (Å²) in [5.41, 5.74) is 2.55. The highest BCUT2D eigenvalue weighted by atomic mass is 16.5. The lowest BCUT2D eigenvalue weighted by atomic mass is 9.99. The Morgan fingerprint density at radius 2 is 1.79 bits per heavy atom. The molecule has 0 atom stereocenters. The molecule has 0 amide bonds. The Morgan fingerprint density at radius 1 is 1.16 bits per heavy atom. The topological polar surface area (TPSA) is 45.5 Å². The van der Waals surface area contributed by atoms with Crippen molar-refractivity contribution in [2.24, 2.45) is 0 Å². The molecule has 2 rings (SSSR count). The van der Waals surface area contributed by atoms with Crippen LogP contribution in [0.4, 0.5) is 0 Å². The fourth-order valence-electron chi connectivity index (χ4n) is 2.39. The fraction of sp³-hybridized carbons (Fsp3) is 0.533. The van der Waals surface area contributed by atoms with E-state index in [0.29, 0.717) is 19.8 Å². The van der Waals surface area contributed by atoms with Crippen molar-refractivity contribution in [2.75, 3.05) is 26.3 Å². The molecule has 4 heteroatoms. The van der Waals surface area contributed by atoms with Crippen molar-refractivity contribution in [3.8, 4) is 17.6 Å². The van der Waals surface area contributed by atoms with Gasteiger partial charge in [0.15, 0.2) is 11.5 Å². The lowest BCUT2D eigenvalue weighted by molar-refractivity contribution is 0.272. The van der Waals surface area contributed by atoms with Crippen molar-refractivity contribution < 1.29 is 9.47 Å². The first-order chi connectivity index (χ1) is 9.28. The van der Waals surface area contributed by atoms with Gasteiger partial charge in [0.25, 0.3) is 0 Å². The highest BCUT2D eigenvalue weighted by Crippen LogP contribution is 2.33. The summed E-state index contributed by atoms with van der Waals surface area (Å²) in [7, 11) is 0. The largest absolute Gasteiger partial charge is 0.490 e. The summed E-state index contributed by atoms with van der Waals surface area (Å²) in [6.45, 7) is 7.44. The van der Waals surface area contributed by atoms with Crippen LogP contribution in [0.2, 0.25) is 0 Å². The molecule has 0 fully saturated rings. The number of hydrogen-bond acceptors (Lipinski definition) is 4. The zero-order chi connectivity index (χ0) is 13.7. The van der Waals surface area contributed by atoms with Crippen molar-refractivity contribution >= 4 is 0 Å². The normalized spacial score (nSPS) is 14.6. The molecule has 0 aliphatic carbocycles. The molecule has 0 unspecified atom stereocenters. The minimum absolute atomic E-state index is 0.483. The second kappa shape index (κ2) is 6.44. The van der Waals surface area contributed by atoms with E-state index in [1.54, 1.807) is 0 Å². The average molecular weight is 260 g/mol. The first-order valence-electron chi connectivity index (χ1n) is 6.79. The maximum atomic E-state index is 8.78. The quantitative estimate of drug-likeness (QED) is 0.762. The van der Waals surface area contributed by atoms with Gasteiger partial charge in [-0.2, -0.15) is 5.26 Å². The highest BCUT2D eigenvalue weighted by molar-refractivity contribution is 5.48. The Bertz CT molecular complexity index is 480. The average Bonchev–Trinajstić information content (AvgIpc) is 2.40. The summed E-state index contributed by atoms with van der Waals surface area (Å²) in [4.78, 5) is 2.15. The monoisotopic (exact) mass is 260 g/mol. The van der Waals surface area contributed by atoms with Gasteiger partial charge in [0.1, 0.15) is 0 Å². The molecule has 4 nitrogen and oxygen atoms in total. The van der Waals surface area contributed by atoms with Gasteiger partial charge >= 0.3 is 0 Å². The van der Waals surface area contributed by atoms with E-state index in [0.717, 1.165) is 31.0 Å². The van der Waals surface area contributed by atoms with E-state index in [1.807, 2.05) is 13.8 Å². The van der Waals surface area contributed by atoms with Crippen LogP contribution in [0, 0.1) is 11.3 Å². The molecule has 102 valence electrons. The maximum Gasteiger partial charge on any atom is 0.161 e. The number of rotatable bonds is 5. The predicted molar refractivity (Wildman–Crippen MR) is 73.4 cm³/mol. The van der Waals surface area contributed by atoms with Crippen molar-refractivity contribution in [3.05, 3.63) is 23.3 Å². The maximum absolute atomic E-state index is 8.78. The molecule has 0 N–H and O–H groups in total. The Balaban J connectivity index is 2.26. The third kappa shape index (κ3) is 3.18. The summed E-state index contributed by atoms with van der Waals surface area (Å²) in [6.07, 6.45) is 0.962. The van der Waals surface area contributed by atoms with E-state index in [4.69, 9.17) is 14.7 Å². The molecule has 1 heterocycles. The Morgan fingerprint density at radius 3 is 2.37 bits per heavy atom. The highest BCUT2D eigenvalue weighted by Gasteiger charge is 2.19. The lowest BCUT2D eigenvalue weighted by Gasteiger charge is -2.27. The van der Waals surface area contributed by atoms with Crippen LogP contribution in [0.25, 0.3) is 0 Å².